The van der Waals surface area contributed by atoms with E-state index in [9.17, 15) is 26.7 Å². The number of fused-ring (bicyclic) bond motifs is 6. The molecule has 0 fully saturated rings. The van der Waals surface area contributed by atoms with Gasteiger partial charge in [0, 0.05) is 30.7 Å². The van der Waals surface area contributed by atoms with Crippen molar-refractivity contribution in [2.45, 2.75) is 50.7 Å². The van der Waals surface area contributed by atoms with Crippen molar-refractivity contribution in [2.75, 3.05) is 29.3 Å². The Balaban J connectivity index is 1.83. The molecule has 0 amide bonds. The first kappa shape index (κ1) is 27.8. The lowest BCUT2D eigenvalue weighted by Crippen LogP contribution is -2.38. The van der Waals surface area contributed by atoms with Gasteiger partial charge in [-0.3, -0.25) is 4.72 Å². The van der Waals surface area contributed by atoms with E-state index in [0.717, 1.165) is 31.4 Å². The van der Waals surface area contributed by atoms with Crippen LogP contribution in [0.15, 0.2) is 59.6 Å². The number of nitrogens with zero attached hydrogens (tertiary/aromatic N) is 3. The van der Waals surface area contributed by atoms with Gasteiger partial charge in [0.15, 0.2) is 5.03 Å². The van der Waals surface area contributed by atoms with Crippen molar-refractivity contribution in [3.8, 4) is 11.3 Å². The standard InChI is InChI=1S/C27H31F3N4O3S/c1-26(2,18-35)17-34-16-7-3-4-9-19-10-5-6-11-20(19)25-21(27(28,29)30)14-15-22(31-25)33-38(36,37)24-13-8-12-23(34)32-24/h5-6,8,10-15,35H,3-4,7,9,16-18H2,1-2H3,(H,31,33). The van der Waals surface area contributed by atoms with Gasteiger partial charge in [-0.05, 0) is 49.1 Å². The molecule has 4 bridgehead atoms. The van der Waals surface area contributed by atoms with Crippen LogP contribution in [0.5, 0.6) is 0 Å². The number of nitrogens with one attached hydrogen (secondary N) is 1. The summed E-state index contributed by atoms with van der Waals surface area (Å²) < 4.78 is 70.6. The number of sulfonamides is 1. The highest BCUT2D eigenvalue weighted by Crippen LogP contribution is 2.38. The average molecular weight is 549 g/mol. The number of aliphatic hydroxyl groups is 1. The van der Waals surface area contributed by atoms with E-state index in [-0.39, 0.29) is 23.1 Å². The Kier molecular flexibility index (Phi) is 7.98. The topological polar surface area (TPSA) is 95.4 Å². The lowest BCUT2D eigenvalue weighted by molar-refractivity contribution is -0.137. The van der Waals surface area contributed by atoms with Gasteiger partial charge in [-0.25, -0.2) is 9.97 Å². The monoisotopic (exact) mass is 548 g/mol. The number of pyridine rings is 2. The molecule has 2 N–H and O–H groups in total. The average Bonchev–Trinajstić information content (AvgIpc) is 2.86. The minimum absolute atomic E-state index is 0.0538. The van der Waals surface area contributed by atoms with Crippen LogP contribution in [0.1, 0.15) is 44.2 Å². The highest BCUT2D eigenvalue weighted by Gasteiger charge is 2.35. The fraction of sp³-hybridized carbons (Fsp3) is 0.407. The van der Waals surface area contributed by atoms with Crippen molar-refractivity contribution in [1.29, 1.82) is 0 Å². The summed E-state index contributed by atoms with van der Waals surface area (Å²) in [6, 6.07) is 13.2. The maximum atomic E-state index is 13.9. The number of anilines is 2. The van der Waals surface area contributed by atoms with Crippen LogP contribution in [0.2, 0.25) is 0 Å². The molecule has 38 heavy (non-hydrogen) atoms. The maximum Gasteiger partial charge on any atom is 0.418 e. The minimum Gasteiger partial charge on any atom is -0.396 e. The van der Waals surface area contributed by atoms with Gasteiger partial charge < -0.3 is 10.0 Å². The highest BCUT2D eigenvalue weighted by molar-refractivity contribution is 7.92. The second kappa shape index (κ2) is 10.9. The third-order valence-corrected chi connectivity index (χ3v) is 7.70. The zero-order valence-electron chi connectivity index (χ0n) is 21.3. The molecule has 204 valence electrons. The molecular weight excluding hydrogens is 517 g/mol. The summed E-state index contributed by atoms with van der Waals surface area (Å²) in [6.07, 6.45) is -1.84. The molecule has 0 saturated heterocycles. The molecule has 1 aliphatic rings. The summed E-state index contributed by atoms with van der Waals surface area (Å²) in [5.74, 6) is 0.202. The van der Waals surface area contributed by atoms with Crippen molar-refractivity contribution in [3.63, 3.8) is 0 Å². The SMILES string of the molecule is CC(C)(CO)CN1CCCCCc2ccccc2-c2nc(ccc2C(F)(F)F)NS(=O)(=O)c2cccc1n2. The van der Waals surface area contributed by atoms with Gasteiger partial charge in [0.05, 0.1) is 11.3 Å². The van der Waals surface area contributed by atoms with Gasteiger partial charge in [-0.2, -0.15) is 21.6 Å². The summed E-state index contributed by atoms with van der Waals surface area (Å²) >= 11 is 0. The van der Waals surface area contributed by atoms with Crippen molar-refractivity contribution in [3.05, 3.63) is 65.7 Å². The summed E-state index contributed by atoms with van der Waals surface area (Å²) in [5, 5.41) is 9.54. The summed E-state index contributed by atoms with van der Waals surface area (Å²) in [6.45, 7) is 4.81. The van der Waals surface area contributed by atoms with Crippen LogP contribution in [0.4, 0.5) is 24.8 Å². The van der Waals surface area contributed by atoms with Crippen LogP contribution in [0.3, 0.4) is 0 Å². The fourth-order valence-corrected chi connectivity index (χ4v) is 5.44. The predicted molar refractivity (Wildman–Crippen MR) is 140 cm³/mol. The number of aromatic nitrogens is 2. The van der Waals surface area contributed by atoms with Crippen LogP contribution in [-0.4, -0.2) is 43.2 Å². The molecule has 0 saturated carbocycles. The Labute approximate surface area is 220 Å². The summed E-state index contributed by atoms with van der Waals surface area (Å²) in [4.78, 5) is 10.5. The molecule has 1 aliphatic heterocycles. The van der Waals surface area contributed by atoms with E-state index < -0.39 is 27.2 Å². The number of halogens is 3. The Hall–Kier alpha value is -3.18. The van der Waals surface area contributed by atoms with Crippen LogP contribution in [-0.2, 0) is 22.6 Å². The first-order valence-electron chi connectivity index (χ1n) is 12.4. The van der Waals surface area contributed by atoms with Gasteiger partial charge in [-0.15, -0.1) is 0 Å². The molecule has 0 radical (unpaired) electrons. The molecule has 1 aromatic carbocycles. The molecular formula is C27H31F3N4O3S. The summed E-state index contributed by atoms with van der Waals surface area (Å²) in [5.41, 5.74) is -0.673. The highest BCUT2D eigenvalue weighted by atomic mass is 32.2. The summed E-state index contributed by atoms with van der Waals surface area (Å²) in [7, 11) is -4.26. The van der Waals surface area contributed by atoms with E-state index in [2.05, 4.69) is 14.7 Å². The smallest absolute Gasteiger partial charge is 0.396 e. The van der Waals surface area contributed by atoms with E-state index in [1.165, 1.54) is 6.07 Å². The van der Waals surface area contributed by atoms with Crippen molar-refractivity contribution in [2.24, 2.45) is 5.41 Å². The molecule has 4 rings (SSSR count). The molecule has 11 heteroatoms. The van der Waals surface area contributed by atoms with E-state index in [4.69, 9.17) is 0 Å². The fourth-order valence-electron chi connectivity index (χ4n) is 4.48. The first-order chi connectivity index (χ1) is 17.9. The number of hydrogen-bond acceptors (Lipinski definition) is 6. The molecule has 3 heterocycles. The number of aliphatic hydroxyl groups excluding tert-OH is 1. The van der Waals surface area contributed by atoms with E-state index in [1.54, 1.807) is 36.4 Å². The number of benzene rings is 1. The molecule has 7 nitrogen and oxygen atoms in total. The third kappa shape index (κ3) is 6.44. The second-order valence-electron chi connectivity index (χ2n) is 10.2. The van der Waals surface area contributed by atoms with Gasteiger partial charge in [0.1, 0.15) is 11.6 Å². The lowest BCUT2D eigenvalue weighted by atomic mass is 9.93. The van der Waals surface area contributed by atoms with Crippen LogP contribution in [0.25, 0.3) is 11.3 Å². The Morgan fingerprint density at radius 3 is 2.47 bits per heavy atom. The predicted octanol–water partition coefficient (Wildman–Crippen LogP) is 5.51. The van der Waals surface area contributed by atoms with E-state index in [0.29, 0.717) is 36.5 Å². The molecule has 3 aromatic rings. The first-order valence-corrected chi connectivity index (χ1v) is 13.9. The Bertz CT molecular complexity index is 1390. The number of hydrogen-bond donors (Lipinski definition) is 2. The zero-order valence-corrected chi connectivity index (χ0v) is 22.1. The molecule has 0 atom stereocenters. The number of rotatable bonds is 3. The van der Waals surface area contributed by atoms with Gasteiger partial charge in [0.25, 0.3) is 10.0 Å². The third-order valence-electron chi connectivity index (χ3n) is 6.44. The Morgan fingerprint density at radius 2 is 1.74 bits per heavy atom. The van der Waals surface area contributed by atoms with Crippen molar-refractivity contribution >= 4 is 21.7 Å². The molecule has 0 aliphatic carbocycles. The second-order valence-corrected chi connectivity index (χ2v) is 11.9. The van der Waals surface area contributed by atoms with Crippen molar-refractivity contribution < 1.29 is 26.7 Å². The zero-order chi connectivity index (χ0) is 27.6. The van der Waals surface area contributed by atoms with Gasteiger partial charge in [-0.1, -0.05) is 50.6 Å². The largest absolute Gasteiger partial charge is 0.418 e. The van der Waals surface area contributed by atoms with Crippen LogP contribution in [0, 0.1) is 5.41 Å². The van der Waals surface area contributed by atoms with E-state index >= 15 is 0 Å². The molecule has 2 aromatic heterocycles. The van der Waals surface area contributed by atoms with Crippen LogP contribution < -0.4 is 9.62 Å². The van der Waals surface area contributed by atoms with E-state index in [1.807, 2.05) is 18.7 Å². The Morgan fingerprint density at radius 1 is 0.974 bits per heavy atom. The maximum absolute atomic E-state index is 13.9. The normalized spacial score (nSPS) is 16.4. The van der Waals surface area contributed by atoms with Gasteiger partial charge >= 0.3 is 6.18 Å². The quantitative estimate of drug-likeness (QED) is 0.448. The lowest BCUT2D eigenvalue weighted by Gasteiger charge is -2.32. The molecule has 0 spiro atoms. The molecule has 0 unspecified atom stereocenters. The van der Waals surface area contributed by atoms with Crippen molar-refractivity contribution in [1.82, 2.24) is 9.97 Å². The van der Waals surface area contributed by atoms with Crippen LogP contribution >= 0.6 is 0 Å². The number of alkyl halides is 3. The minimum atomic E-state index is -4.67. The number of aryl methyl sites for hydroxylation is 1. The van der Waals surface area contributed by atoms with Gasteiger partial charge in [0.2, 0.25) is 0 Å².